The number of hydrogen-bond acceptors (Lipinski definition) is 5. The summed E-state index contributed by atoms with van der Waals surface area (Å²) in [5.41, 5.74) is 3.03. The molecule has 6 nitrogen and oxygen atoms in total. The van der Waals surface area contributed by atoms with Crippen LogP contribution in [0.5, 0.6) is 0 Å². The summed E-state index contributed by atoms with van der Waals surface area (Å²) < 4.78 is 0. The van der Waals surface area contributed by atoms with Gasteiger partial charge in [0, 0.05) is 42.6 Å². The number of benzene rings is 1. The number of amides is 1. The van der Waals surface area contributed by atoms with Crippen LogP contribution in [0.25, 0.3) is 0 Å². The van der Waals surface area contributed by atoms with Crippen molar-refractivity contribution >= 4 is 29.1 Å². The van der Waals surface area contributed by atoms with Gasteiger partial charge in [0.25, 0.3) is 5.91 Å². The lowest BCUT2D eigenvalue weighted by Crippen LogP contribution is -2.47. The van der Waals surface area contributed by atoms with Gasteiger partial charge in [-0.15, -0.1) is 0 Å². The summed E-state index contributed by atoms with van der Waals surface area (Å²) >= 11 is 6.00. The van der Waals surface area contributed by atoms with Crippen LogP contribution in [0.3, 0.4) is 0 Å². The van der Waals surface area contributed by atoms with Gasteiger partial charge in [-0.1, -0.05) is 11.6 Å². The largest absolute Gasteiger partial charge is 0.335 e. The molecule has 1 aromatic carbocycles. The van der Waals surface area contributed by atoms with E-state index in [4.69, 9.17) is 11.6 Å². The zero-order valence-corrected chi connectivity index (χ0v) is 15.5. The van der Waals surface area contributed by atoms with E-state index in [0.29, 0.717) is 16.7 Å². The summed E-state index contributed by atoms with van der Waals surface area (Å²) in [5, 5.41) is 3.87. The summed E-state index contributed by atoms with van der Waals surface area (Å²) in [6.07, 6.45) is 0. The molecule has 0 saturated carbocycles. The van der Waals surface area contributed by atoms with Crippen LogP contribution in [0.2, 0.25) is 5.02 Å². The van der Waals surface area contributed by atoms with Crippen LogP contribution in [-0.4, -0.2) is 58.9 Å². The van der Waals surface area contributed by atoms with Gasteiger partial charge in [0.2, 0.25) is 5.95 Å². The fraction of sp³-hybridized carbons (Fsp3) is 0.389. The fourth-order valence-electron chi connectivity index (χ4n) is 2.79. The summed E-state index contributed by atoms with van der Waals surface area (Å²) in [4.78, 5) is 25.6. The zero-order chi connectivity index (χ0) is 18.0. The van der Waals surface area contributed by atoms with Crippen LogP contribution in [0.15, 0.2) is 24.3 Å². The molecule has 1 amide bonds. The number of hydrogen-bond donors (Lipinski definition) is 1. The number of likely N-dealkylation sites (N-methyl/N-ethyl adjacent to an activating group) is 1. The minimum absolute atomic E-state index is 0.0468. The third-order valence-corrected chi connectivity index (χ3v) is 4.53. The van der Waals surface area contributed by atoms with Crippen molar-refractivity contribution in [3.05, 3.63) is 46.2 Å². The van der Waals surface area contributed by atoms with E-state index in [1.807, 2.05) is 36.9 Å². The molecule has 1 aromatic heterocycles. The zero-order valence-electron chi connectivity index (χ0n) is 14.7. The lowest BCUT2D eigenvalue weighted by molar-refractivity contribution is 0.0658. The van der Waals surface area contributed by atoms with Crippen molar-refractivity contribution in [3.63, 3.8) is 0 Å². The van der Waals surface area contributed by atoms with E-state index in [1.54, 1.807) is 6.07 Å². The van der Waals surface area contributed by atoms with Crippen LogP contribution >= 0.6 is 11.6 Å². The molecule has 0 spiro atoms. The van der Waals surface area contributed by atoms with E-state index in [0.717, 1.165) is 43.1 Å². The summed E-state index contributed by atoms with van der Waals surface area (Å²) in [6.45, 7) is 7.02. The molecule has 132 valence electrons. The molecule has 1 aliphatic rings. The highest BCUT2D eigenvalue weighted by Crippen LogP contribution is 2.22. The molecular formula is C18H22ClN5O. The first-order valence-electron chi connectivity index (χ1n) is 8.29. The van der Waals surface area contributed by atoms with Crippen molar-refractivity contribution < 1.29 is 4.79 Å². The first-order valence-corrected chi connectivity index (χ1v) is 8.67. The van der Waals surface area contributed by atoms with Crippen LogP contribution in [0.1, 0.15) is 21.7 Å². The third-order valence-electron chi connectivity index (χ3n) is 4.30. The van der Waals surface area contributed by atoms with Gasteiger partial charge < -0.3 is 15.1 Å². The Morgan fingerprint density at radius 1 is 1.12 bits per heavy atom. The second-order valence-electron chi connectivity index (χ2n) is 6.40. The van der Waals surface area contributed by atoms with Gasteiger partial charge in [0.15, 0.2) is 0 Å². The van der Waals surface area contributed by atoms with Crippen LogP contribution in [-0.2, 0) is 0 Å². The van der Waals surface area contributed by atoms with Crippen LogP contribution in [0.4, 0.5) is 11.6 Å². The number of piperazine rings is 1. The second kappa shape index (κ2) is 7.37. The van der Waals surface area contributed by atoms with E-state index >= 15 is 0 Å². The smallest absolute Gasteiger partial charge is 0.272 e. The van der Waals surface area contributed by atoms with Crippen molar-refractivity contribution in [2.75, 3.05) is 38.5 Å². The highest BCUT2D eigenvalue weighted by Gasteiger charge is 2.22. The molecule has 0 unspecified atom stereocenters. The average Bonchev–Trinajstić information content (AvgIpc) is 2.57. The van der Waals surface area contributed by atoms with Gasteiger partial charge in [-0.25, -0.2) is 9.97 Å². The highest BCUT2D eigenvalue weighted by molar-refractivity contribution is 6.30. The maximum atomic E-state index is 12.7. The number of nitrogens with one attached hydrogen (secondary N) is 1. The third kappa shape index (κ3) is 4.27. The van der Waals surface area contributed by atoms with Crippen molar-refractivity contribution in [1.82, 2.24) is 19.8 Å². The van der Waals surface area contributed by atoms with Crippen molar-refractivity contribution in [2.24, 2.45) is 0 Å². The molecule has 0 aliphatic carbocycles. The summed E-state index contributed by atoms with van der Waals surface area (Å²) in [6, 6.07) is 7.30. The maximum Gasteiger partial charge on any atom is 0.272 e. The Labute approximate surface area is 152 Å². The number of carbonyl (C=O) groups is 1. The SMILES string of the molecule is Cc1cc(C(=O)N2CCN(C)CC2)nc(Nc2ccc(Cl)cc2C)n1. The van der Waals surface area contributed by atoms with E-state index in [-0.39, 0.29) is 5.91 Å². The second-order valence-corrected chi connectivity index (χ2v) is 6.83. The topological polar surface area (TPSA) is 61.4 Å². The van der Waals surface area contributed by atoms with Crippen molar-refractivity contribution in [2.45, 2.75) is 13.8 Å². The Morgan fingerprint density at radius 3 is 2.52 bits per heavy atom. The summed E-state index contributed by atoms with van der Waals surface area (Å²) in [5.74, 6) is 0.373. The Morgan fingerprint density at radius 2 is 1.84 bits per heavy atom. The number of aryl methyl sites for hydroxylation is 2. The normalized spacial score (nSPS) is 15.3. The van der Waals surface area contributed by atoms with E-state index in [1.165, 1.54) is 0 Å². The molecule has 1 saturated heterocycles. The van der Waals surface area contributed by atoms with Crippen LogP contribution < -0.4 is 5.32 Å². The first kappa shape index (κ1) is 17.6. The monoisotopic (exact) mass is 359 g/mol. The van der Waals surface area contributed by atoms with Gasteiger partial charge in [-0.3, -0.25) is 4.79 Å². The van der Waals surface area contributed by atoms with Gasteiger partial charge in [-0.2, -0.15) is 0 Å². The molecule has 7 heteroatoms. The number of nitrogens with zero attached hydrogens (tertiary/aromatic N) is 4. The van der Waals surface area contributed by atoms with Gasteiger partial charge >= 0.3 is 0 Å². The quantitative estimate of drug-likeness (QED) is 0.913. The molecule has 1 fully saturated rings. The molecule has 1 N–H and O–H groups in total. The predicted molar refractivity (Wildman–Crippen MR) is 99.6 cm³/mol. The predicted octanol–water partition coefficient (Wildman–Crippen LogP) is 2.88. The van der Waals surface area contributed by atoms with Crippen LogP contribution in [0, 0.1) is 13.8 Å². The van der Waals surface area contributed by atoms with Gasteiger partial charge in [-0.05, 0) is 50.7 Å². The molecular weight excluding hydrogens is 338 g/mol. The Balaban J connectivity index is 1.81. The summed E-state index contributed by atoms with van der Waals surface area (Å²) in [7, 11) is 2.06. The Bertz CT molecular complexity index is 787. The number of aromatic nitrogens is 2. The number of rotatable bonds is 3. The van der Waals surface area contributed by atoms with E-state index in [9.17, 15) is 4.79 Å². The van der Waals surface area contributed by atoms with Crippen molar-refractivity contribution in [1.29, 1.82) is 0 Å². The Kier molecular flexibility index (Phi) is 5.20. The van der Waals surface area contributed by atoms with E-state index < -0.39 is 0 Å². The number of carbonyl (C=O) groups excluding carboxylic acids is 1. The van der Waals surface area contributed by atoms with Crippen molar-refractivity contribution in [3.8, 4) is 0 Å². The number of anilines is 2. The fourth-order valence-corrected chi connectivity index (χ4v) is 3.02. The maximum absolute atomic E-state index is 12.7. The minimum atomic E-state index is -0.0468. The first-order chi connectivity index (χ1) is 11.9. The number of halogens is 1. The molecule has 3 rings (SSSR count). The average molecular weight is 360 g/mol. The molecule has 0 atom stereocenters. The van der Waals surface area contributed by atoms with E-state index in [2.05, 4.69) is 27.2 Å². The molecule has 2 aromatic rings. The molecule has 2 heterocycles. The molecule has 1 aliphatic heterocycles. The highest BCUT2D eigenvalue weighted by atomic mass is 35.5. The minimum Gasteiger partial charge on any atom is -0.335 e. The Hall–Kier alpha value is -2.18. The molecule has 25 heavy (non-hydrogen) atoms. The van der Waals surface area contributed by atoms with Gasteiger partial charge in [0.1, 0.15) is 5.69 Å². The lowest BCUT2D eigenvalue weighted by atomic mass is 10.2. The standard InChI is InChI=1S/C18H22ClN5O/c1-12-10-14(19)4-5-15(12)21-18-20-13(2)11-16(22-18)17(25)24-8-6-23(3)7-9-24/h4-5,10-11H,6-9H2,1-3H3,(H,20,21,22). The van der Waals surface area contributed by atoms with Gasteiger partial charge in [0.05, 0.1) is 0 Å². The lowest BCUT2D eigenvalue weighted by Gasteiger charge is -2.32. The molecule has 0 bridgehead atoms. The molecule has 0 radical (unpaired) electrons.